The van der Waals surface area contributed by atoms with Crippen LogP contribution < -0.4 is 11.1 Å². The Bertz CT molecular complexity index is 546. The Balaban J connectivity index is 2.09. The normalized spacial score (nSPS) is 10.3. The van der Waals surface area contributed by atoms with Gasteiger partial charge in [0.05, 0.1) is 15.7 Å². The van der Waals surface area contributed by atoms with Crippen LogP contribution in [0.4, 0.5) is 5.69 Å². The Labute approximate surface area is 119 Å². The molecule has 1 heterocycles. The number of carbonyl (C=O) groups excluding carboxylic acids is 1. The minimum absolute atomic E-state index is 0.231. The number of thiophene rings is 1. The summed E-state index contributed by atoms with van der Waals surface area (Å²) in [6.07, 6.45) is 0. The van der Waals surface area contributed by atoms with Gasteiger partial charge in [-0.2, -0.15) is 11.3 Å². The molecule has 0 spiro atoms. The first-order chi connectivity index (χ1) is 8.58. The Kier molecular flexibility index (Phi) is 4.11. The molecular weight excluding hydrogens is 291 g/mol. The van der Waals surface area contributed by atoms with Gasteiger partial charge in [-0.1, -0.05) is 23.2 Å². The van der Waals surface area contributed by atoms with Crippen LogP contribution in [0.2, 0.25) is 10.0 Å². The van der Waals surface area contributed by atoms with Crippen LogP contribution in [0.5, 0.6) is 0 Å². The summed E-state index contributed by atoms with van der Waals surface area (Å²) in [5.74, 6) is -0.231. The highest BCUT2D eigenvalue weighted by molar-refractivity contribution is 7.07. The third kappa shape index (κ3) is 2.96. The summed E-state index contributed by atoms with van der Waals surface area (Å²) in [4.78, 5) is 11.9. The first-order valence-corrected chi connectivity index (χ1v) is 6.81. The monoisotopic (exact) mass is 300 g/mol. The zero-order valence-corrected chi connectivity index (χ0v) is 11.6. The Morgan fingerprint density at radius 2 is 2.00 bits per heavy atom. The summed E-state index contributed by atoms with van der Waals surface area (Å²) < 4.78 is 0. The summed E-state index contributed by atoms with van der Waals surface area (Å²) in [7, 11) is 0. The van der Waals surface area contributed by atoms with Gasteiger partial charge in [-0.05, 0) is 34.5 Å². The number of carbonyl (C=O) groups is 1. The number of rotatable bonds is 3. The van der Waals surface area contributed by atoms with Gasteiger partial charge in [0.25, 0.3) is 5.91 Å². The molecule has 2 rings (SSSR count). The highest BCUT2D eigenvalue weighted by Crippen LogP contribution is 2.28. The quantitative estimate of drug-likeness (QED) is 0.852. The number of anilines is 1. The summed E-state index contributed by atoms with van der Waals surface area (Å²) in [6, 6.07) is 4.96. The van der Waals surface area contributed by atoms with Gasteiger partial charge in [-0.15, -0.1) is 0 Å². The third-order valence-corrected chi connectivity index (χ3v) is 3.73. The molecule has 1 aromatic carbocycles. The van der Waals surface area contributed by atoms with Crippen molar-refractivity contribution in [3.05, 3.63) is 50.1 Å². The van der Waals surface area contributed by atoms with Crippen molar-refractivity contribution >= 4 is 46.1 Å². The zero-order chi connectivity index (χ0) is 13.1. The Morgan fingerprint density at radius 1 is 1.33 bits per heavy atom. The smallest absolute Gasteiger partial charge is 0.251 e. The number of hydrogen-bond acceptors (Lipinski definition) is 3. The Morgan fingerprint density at radius 3 is 2.56 bits per heavy atom. The topological polar surface area (TPSA) is 55.1 Å². The van der Waals surface area contributed by atoms with Crippen molar-refractivity contribution in [1.82, 2.24) is 5.32 Å². The number of hydrogen-bond donors (Lipinski definition) is 2. The molecule has 0 saturated heterocycles. The van der Waals surface area contributed by atoms with Crippen molar-refractivity contribution in [3.63, 3.8) is 0 Å². The predicted octanol–water partition coefficient (Wildman–Crippen LogP) is 3.57. The van der Waals surface area contributed by atoms with E-state index in [-0.39, 0.29) is 21.6 Å². The summed E-state index contributed by atoms with van der Waals surface area (Å²) in [6.45, 7) is 0.474. The molecule has 0 aliphatic rings. The molecule has 1 aromatic heterocycles. The van der Waals surface area contributed by atoms with Crippen molar-refractivity contribution < 1.29 is 4.79 Å². The molecule has 18 heavy (non-hydrogen) atoms. The fraction of sp³-hybridized carbons (Fsp3) is 0.0833. The summed E-state index contributed by atoms with van der Waals surface area (Å²) >= 11 is 13.3. The number of halogens is 2. The van der Waals surface area contributed by atoms with E-state index >= 15 is 0 Å². The molecule has 3 nitrogen and oxygen atoms in total. The second-order valence-electron chi connectivity index (χ2n) is 3.67. The highest BCUT2D eigenvalue weighted by atomic mass is 35.5. The van der Waals surface area contributed by atoms with Crippen LogP contribution in [0.25, 0.3) is 0 Å². The minimum atomic E-state index is -0.231. The van der Waals surface area contributed by atoms with Crippen molar-refractivity contribution in [2.24, 2.45) is 0 Å². The fourth-order valence-corrected chi connectivity index (χ4v) is 2.55. The maximum atomic E-state index is 11.9. The van der Waals surface area contributed by atoms with Crippen LogP contribution in [-0.2, 0) is 6.54 Å². The van der Waals surface area contributed by atoms with Crippen molar-refractivity contribution in [2.75, 3.05) is 5.73 Å². The van der Waals surface area contributed by atoms with Gasteiger partial charge >= 0.3 is 0 Å². The van der Waals surface area contributed by atoms with Crippen molar-refractivity contribution in [2.45, 2.75) is 6.54 Å². The average molecular weight is 301 g/mol. The number of nitrogens with one attached hydrogen (secondary N) is 1. The van der Waals surface area contributed by atoms with Crippen LogP contribution in [-0.4, -0.2) is 5.91 Å². The molecule has 3 N–H and O–H groups in total. The third-order valence-electron chi connectivity index (χ3n) is 2.37. The molecule has 0 unspecified atom stereocenters. The van der Waals surface area contributed by atoms with Gasteiger partial charge in [0, 0.05) is 12.1 Å². The largest absolute Gasteiger partial charge is 0.396 e. The number of benzene rings is 1. The van der Waals surface area contributed by atoms with E-state index in [1.165, 1.54) is 12.1 Å². The summed E-state index contributed by atoms with van der Waals surface area (Å²) in [5, 5.41) is 7.28. The fourth-order valence-electron chi connectivity index (χ4n) is 1.39. The first-order valence-electron chi connectivity index (χ1n) is 5.11. The van der Waals surface area contributed by atoms with Crippen LogP contribution in [0.3, 0.4) is 0 Å². The molecule has 0 atom stereocenters. The molecular formula is C12H10Cl2N2OS. The number of nitrogens with two attached hydrogens (primary N) is 1. The lowest BCUT2D eigenvalue weighted by Gasteiger charge is -2.07. The van der Waals surface area contributed by atoms with E-state index in [9.17, 15) is 4.79 Å². The minimum Gasteiger partial charge on any atom is -0.396 e. The van der Waals surface area contributed by atoms with Gasteiger partial charge < -0.3 is 11.1 Å². The van der Waals surface area contributed by atoms with E-state index in [1.54, 1.807) is 11.3 Å². The number of nitrogen functional groups attached to an aromatic ring is 1. The van der Waals surface area contributed by atoms with Crippen LogP contribution in [0, 0.1) is 0 Å². The van der Waals surface area contributed by atoms with E-state index in [1.807, 2.05) is 16.8 Å². The van der Waals surface area contributed by atoms with Gasteiger partial charge in [0.1, 0.15) is 0 Å². The molecule has 0 aliphatic heterocycles. The molecule has 0 radical (unpaired) electrons. The maximum Gasteiger partial charge on any atom is 0.251 e. The van der Waals surface area contributed by atoms with Crippen molar-refractivity contribution in [1.29, 1.82) is 0 Å². The van der Waals surface area contributed by atoms with Crippen LogP contribution in [0.15, 0.2) is 29.0 Å². The second kappa shape index (κ2) is 5.61. The lowest BCUT2D eigenvalue weighted by atomic mass is 10.2. The van der Waals surface area contributed by atoms with Gasteiger partial charge in [-0.3, -0.25) is 4.79 Å². The lowest BCUT2D eigenvalue weighted by molar-refractivity contribution is 0.0951. The number of amides is 1. The van der Waals surface area contributed by atoms with E-state index in [0.717, 1.165) is 5.56 Å². The predicted molar refractivity (Wildman–Crippen MR) is 76.4 cm³/mol. The molecule has 6 heteroatoms. The van der Waals surface area contributed by atoms with Gasteiger partial charge in [0.15, 0.2) is 0 Å². The van der Waals surface area contributed by atoms with Crippen molar-refractivity contribution in [3.8, 4) is 0 Å². The van der Waals surface area contributed by atoms with E-state index in [0.29, 0.717) is 12.1 Å². The van der Waals surface area contributed by atoms with E-state index in [2.05, 4.69) is 5.32 Å². The zero-order valence-electron chi connectivity index (χ0n) is 9.24. The molecule has 2 aromatic rings. The molecule has 0 aliphatic carbocycles. The molecule has 0 bridgehead atoms. The second-order valence-corrected chi connectivity index (χ2v) is 5.26. The molecule has 94 valence electrons. The SMILES string of the molecule is Nc1c(Cl)cc(C(=O)NCc2ccsc2)cc1Cl. The Hall–Kier alpha value is -1.23. The standard InChI is InChI=1S/C12H10Cl2N2OS/c13-9-3-8(4-10(14)11(9)15)12(17)16-5-7-1-2-18-6-7/h1-4,6H,5,15H2,(H,16,17). The highest BCUT2D eigenvalue weighted by Gasteiger charge is 2.11. The van der Waals surface area contributed by atoms with Gasteiger partial charge in [0.2, 0.25) is 0 Å². The van der Waals surface area contributed by atoms with E-state index < -0.39 is 0 Å². The molecule has 0 saturated carbocycles. The van der Waals surface area contributed by atoms with Gasteiger partial charge in [-0.25, -0.2) is 0 Å². The molecule has 0 fully saturated rings. The van der Waals surface area contributed by atoms with Crippen LogP contribution >= 0.6 is 34.5 Å². The summed E-state index contributed by atoms with van der Waals surface area (Å²) in [5.41, 5.74) is 7.35. The average Bonchev–Trinajstić information content (AvgIpc) is 2.85. The van der Waals surface area contributed by atoms with E-state index in [4.69, 9.17) is 28.9 Å². The maximum absolute atomic E-state index is 11.9. The first kappa shape index (κ1) is 13.2. The molecule has 1 amide bonds. The lowest BCUT2D eigenvalue weighted by Crippen LogP contribution is -2.22. The van der Waals surface area contributed by atoms with Crippen LogP contribution in [0.1, 0.15) is 15.9 Å².